The lowest BCUT2D eigenvalue weighted by molar-refractivity contribution is -0.205. The lowest BCUT2D eigenvalue weighted by atomic mass is 9.56. The Balaban J connectivity index is 1.72. The molecular formula is C43H36N2O9. The van der Waals surface area contributed by atoms with Gasteiger partial charge in [-0.15, -0.1) is 0 Å². The van der Waals surface area contributed by atoms with E-state index in [0.29, 0.717) is 22.4 Å². The zero-order chi connectivity index (χ0) is 37.9. The number of benzene rings is 5. The molecule has 2 heterocycles. The number of ketones is 1. The molecule has 0 saturated carbocycles. The highest BCUT2D eigenvalue weighted by atomic mass is 16.6. The molecule has 1 aromatic heterocycles. The summed E-state index contributed by atoms with van der Waals surface area (Å²) in [7, 11) is 1.48. The van der Waals surface area contributed by atoms with E-state index in [2.05, 4.69) is 4.98 Å². The van der Waals surface area contributed by atoms with Crippen LogP contribution in [0.3, 0.4) is 0 Å². The topological polar surface area (TPSA) is 157 Å². The highest BCUT2D eigenvalue weighted by Gasteiger charge is 2.80. The molecule has 6 aromatic rings. The molecule has 0 unspecified atom stereocenters. The summed E-state index contributed by atoms with van der Waals surface area (Å²) in [5, 5.41) is 25.2. The molecule has 7 rings (SSSR count). The van der Waals surface area contributed by atoms with Crippen molar-refractivity contribution in [3.63, 3.8) is 0 Å². The zero-order valence-corrected chi connectivity index (χ0v) is 29.1. The van der Waals surface area contributed by atoms with Gasteiger partial charge in [-0.1, -0.05) is 121 Å². The molecule has 11 nitrogen and oxygen atoms in total. The molecule has 272 valence electrons. The number of methoxy groups -OCH3 is 1. The van der Waals surface area contributed by atoms with Gasteiger partial charge in [-0.2, -0.15) is 0 Å². The molecular weight excluding hydrogens is 688 g/mol. The lowest BCUT2D eigenvalue weighted by Gasteiger charge is -2.54. The molecule has 11 heteroatoms. The maximum Gasteiger partial charge on any atom is 0.338 e. The van der Waals surface area contributed by atoms with E-state index < -0.39 is 58.6 Å². The lowest BCUT2D eigenvalue weighted by Crippen LogP contribution is -2.73. The number of hydrogen-bond donors (Lipinski definition) is 3. The molecule has 5 aromatic carbocycles. The van der Waals surface area contributed by atoms with E-state index >= 15 is 4.79 Å². The first-order valence-corrected chi connectivity index (χ1v) is 17.2. The van der Waals surface area contributed by atoms with Crippen molar-refractivity contribution in [2.45, 2.75) is 28.9 Å². The standard InChI is InChI=1S/C43H36N2O9/c1-52-34-24-14-23-33(27-34)41(31-19-10-4-11-20-31,32-21-12-5-13-22-32)43(45-26-25-36(47)44-40(45)50)42(51,37(48)29-15-6-2-7-16-29)38(35(28-46)54-43)53-39(49)30-17-8-3-9-18-30/h2-27,35,38,46,51H,28H2,1H3,(H,44,47,50)/t35-,38-,42-,43-/m1/s1. The van der Waals surface area contributed by atoms with Gasteiger partial charge in [0.05, 0.1) is 24.7 Å². The molecule has 0 aliphatic carbocycles. The maximum atomic E-state index is 15.6. The Bertz CT molecular complexity index is 2340. The Kier molecular flexibility index (Phi) is 9.70. The number of hydrogen-bond acceptors (Lipinski definition) is 9. The number of aliphatic hydroxyl groups excluding tert-OH is 1. The molecule has 3 N–H and O–H groups in total. The summed E-state index contributed by atoms with van der Waals surface area (Å²) in [6.45, 7) is -0.880. The van der Waals surface area contributed by atoms with Gasteiger partial charge in [0, 0.05) is 17.8 Å². The summed E-state index contributed by atoms with van der Waals surface area (Å²) in [5.74, 6) is -1.55. The zero-order valence-electron chi connectivity index (χ0n) is 29.1. The first-order valence-electron chi connectivity index (χ1n) is 17.2. The SMILES string of the molecule is COc1cccc(C(c2ccccc2)(c2ccccc2)[C@@]2(n3ccc(=O)[nH]c3=O)O[C@H](CO)[C@@H](OC(=O)c3ccccc3)[C@]2(O)C(=O)c2ccccc2)c1. The number of nitrogens with zero attached hydrogens (tertiary/aromatic N) is 1. The van der Waals surface area contributed by atoms with Crippen molar-refractivity contribution in [1.29, 1.82) is 0 Å². The molecule has 0 radical (unpaired) electrons. The van der Waals surface area contributed by atoms with Crippen LogP contribution in [0.1, 0.15) is 37.4 Å². The monoisotopic (exact) mass is 724 g/mol. The van der Waals surface area contributed by atoms with Crippen molar-refractivity contribution in [1.82, 2.24) is 9.55 Å². The minimum atomic E-state index is -3.07. The smallest absolute Gasteiger partial charge is 0.338 e. The van der Waals surface area contributed by atoms with Gasteiger partial charge in [0.1, 0.15) is 11.9 Å². The normalized spacial score (nSPS) is 20.9. The second kappa shape index (κ2) is 14.6. The molecule has 1 fully saturated rings. The van der Waals surface area contributed by atoms with Crippen LogP contribution in [0.5, 0.6) is 5.75 Å². The van der Waals surface area contributed by atoms with Crippen LogP contribution in [-0.2, 0) is 20.6 Å². The van der Waals surface area contributed by atoms with Gasteiger partial charge < -0.3 is 24.4 Å². The summed E-state index contributed by atoms with van der Waals surface area (Å²) in [6, 6.07) is 41.2. The number of H-pyrrole nitrogens is 1. The minimum absolute atomic E-state index is 0.0227. The average molecular weight is 725 g/mol. The van der Waals surface area contributed by atoms with E-state index in [1.807, 2.05) is 0 Å². The number of carbonyl (C=O) groups excluding carboxylic acids is 2. The molecule has 1 aliphatic rings. The van der Waals surface area contributed by atoms with Crippen LogP contribution in [0, 0.1) is 0 Å². The van der Waals surface area contributed by atoms with E-state index in [9.17, 15) is 24.6 Å². The number of rotatable bonds is 11. The predicted octanol–water partition coefficient (Wildman–Crippen LogP) is 4.46. The quantitative estimate of drug-likeness (QED) is 0.0998. The number of ether oxygens (including phenoxy) is 3. The Labute approximate surface area is 309 Å². The van der Waals surface area contributed by atoms with E-state index in [1.165, 1.54) is 31.4 Å². The third-order valence-corrected chi connectivity index (χ3v) is 9.98. The number of aromatic nitrogens is 2. The summed E-state index contributed by atoms with van der Waals surface area (Å²) >= 11 is 0. The predicted molar refractivity (Wildman–Crippen MR) is 198 cm³/mol. The fourth-order valence-corrected chi connectivity index (χ4v) is 7.76. The summed E-state index contributed by atoms with van der Waals surface area (Å²) in [5.41, 5.74) is -8.30. The van der Waals surface area contributed by atoms with Gasteiger partial charge in [-0.05, 0) is 41.0 Å². The molecule has 54 heavy (non-hydrogen) atoms. The van der Waals surface area contributed by atoms with E-state index in [4.69, 9.17) is 14.2 Å². The van der Waals surface area contributed by atoms with Gasteiger partial charge >= 0.3 is 11.7 Å². The van der Waals surface area contributed by atoms with Crippen LogP contribution in [0.15, 0.2) is 167 Å². The van der Waals surface area contributed by atoms with Gasteiger partial charge in [0.15, 0.2) is 6.10 Å². The molecule has 0 amide bonds. The number of aliphatic hydroxyl groups is 2. The average Bonchev–Trinajstić information content (AvgIpc) is 3.47. The Morgan fingerprint density at radius 2 is 1.30 bits per heavy atom. The third kappa shape index (κ3) is 5.57. The Morgan fingerprint density at radius 1 is 0.759 bits per heavy atom. The number of Topliss-reactive ketones (excluding diaryl/α,β-unsaturated/α-hetero) is 1. The van der Waals surface area contributed by atoms with Crippen LogP contribution in [0.25, 0.3) is 0 Å². The van der Waals surface area contributed by atoms with E-state index in [1.54, 1.807) is 121 Å². The highest BCUT2D eigenvalue weighted by Crippen LogP contribution is 2.62. The number of carbonyl (C=O) groups is 2. The van der Waals surface area contributed by atoms with Crippen molar-refractivity contribution in [3.8, 4) is 5.75 Å². The van der Waals surface area contributed by atoms with Gasteiger partial charge in [-0.3, -0.25) is 19.1 Å². The molecule has 1 aliphatic heterocycles. The molecule has 0 bridgehead atoms. The fraction of sp³-hybridized carbons (Fsp3) is 0.163. The maximum absolute atomic E-state index is 15.6. The first kappa shape index (κ1) is 36.0. The number of aromatic amines is 1. The second-order valence-electron chi connectivity index (χ2n) is 12.8. The van der Waals surface area contributed by atoms with Crippen LogP contribution in [0.2, 0.25) is 0 Å². The summed E-state index contributed by atoms with van der Waals surface area (Å²) < 4.78 is 19.8. The third-order valence-electron chi connectivity index (χ3n) is 9.98. The molecule has 0 spiro atoms. The van der Waals surface area contributed by atoms with Crippen LogP contribution in [0.4, 0.5) is 0 Å². The first-order chi connectivity index (χ1) is 26.2. The molecule has 1 saturated heterocycles. The van der Waals surface area contributed by atoms with E-state index in [0.717, 1.165) is 16.8 Å². The Morgan fingerprint density at radius 3 is 1.83 bits per heavy atom. The second-order valence-corrected chi connectivity index (χ2v) is 12.8. The van der Waals surface area contributed by atoms with Crippen molar-refractivity contribution in [3.05, 3.63) is 207 Å². The van der Waals surface area contributed by atoms with Crippen molar-refractivity contribution < 1.29 is 34.0 Å². The fourth-order valence-electron chi connectivity index (χ4n) is 7.76. The van der Waals surface area contributed by atoms with Gasteiger partial charge in [-0.25, -0.2) is 9.59 Å². The summed E-state index contributed by atoms with van der Waals surface area (Å²) in [6.07, 6.45) is -2.47. The van der Waals surface area contributed by atoms with Gasteiger partial charge in [0.25, 0.3) is 5.56 Å². The van der Waals surface area contributed by atoms with Crippen molar-refractivity contribution in [2.24, 2.45) is 0 Å². The van der Waals surface area contributed by atoms with Gasteiger partial charge in [0.2, 0.25) is 17.1 Å². The largest absolute Gasteiger partial charge is 0.497 e. The number of esters is 1. The highest BCUT2D eigenvalue weighted by molar-refractivity contribution is 6.05. The van der Waals surface area contributed by atoms with Crippen molar-refractivity contribution in [2.75, 3.05) is 13.7 Å². The van der Waals surface area contributed by atoms with Crippen molar-refractivity contribution >= 4 is 11.8 Å². The van der Waals surface area contributed by atoms with Crippen LogP contribution < -0.4 is 16.0 Å². The van der Waals surface area contributed by atoms with Crippen LogP contribution >= 0.6 is 0 Å². The van der Waals surface area contributed by atoms with E-state index in [-0.39, 0.29) is 11.1 Å². The summed E-state index contributed by atoms with van der Waals surface area (Å²) in [4.78, 5) is 59.1. The molecule has 4 atom stereocenters. The Hall–Kier alpha value is -6.40. The minimum Gasteiger partial charge on any atom is -0.497 e. The van der Waals surface area contributed by atoms with Crippen LogP contribution in [-0.4, -0.2) is 63.0 Å². The number of nitrogens with one attached hydrogen (secondary N) is 1.